The number of aromatic nitrogens is 1. The first-order valence-corrected chi connectivity index (χ1v) is 9.06. The van der Waals surface area contributed by atoms with E-state index in [9.17, 15) is 0 Å². The average Bonchev–Trinajstić information content (AvgIpc) is 2.72. The summed E-state index contributed by atoms with van der Waals surface area (Å²) in [7, 11) is 1.58. The molecular formula is C23H21ClN2O2. The van der Waals surface area contributed by atoms with Gasteiger partial charge in [-0.05, 0) is 35.9 Å². The zero-order valence-corrected chi connectivity index (χ0v) is 16.4. The van der Waals surface area contributed by atoms with Crippen LogP contribution in [-0.4, -0.2) is 12.1 Å². The van der Waals surface area contributed by atoms with Crippen LogP contribution in [0.2, 0.25) is 5.02 Å². The molecule has 0 aliphatic rings. The predicted molar refractivity (Wildman–Crippen MR) is 115 cm³/mol. The van der Waals surface area contributed by atoms with Crippen LogP contribution < -0.4 is 10.1 Å². The fraction of sp³-hybridized carbons (Fsp3) is 0.0870. The fourth-order valence-corrected chi connectivity index (χ4v) is 2.76. The van der Waals surface area contributed by atoms with E-state index in [2.05, 4.69) is 23.5 Å². The number of halogens is 1. The maximum atomic E-state index is 6.26. The number of nitrogens with zero attached hydrogens (tertiary/aromatic N) is 1. The Morgan fingerprint density at radius 2 is 1.82 bits per heavy atom. The number of pyridine rings is 1. The SMILES string of the molecule is C=C(Nc1ccc(C(=C)OC)cn1)c1cc(Cl)cc(OCc2ccccc2)c1. The second kappa shape index (κ2) is 9.11. The van der Waals surface area contributed by atoms with Gasteiger partial charge in [-0.3, -0.25) is 0 Å². The summed E-state index contributed by atoms with van der Waals surface area (Å²) >= 11 is 6.26. The van der Waals surface area contributed by atoms with Crippen LogP contribution in [0.4, 0.5) is 5.82 Å². The lowest BCUT2D eigenvalue weighted by molar-refractivity contribution is 0.306. The lowest BCUT2D eigenvalue weighted by atomic mass is 10.1. The van der Waals surface area contributed by atoms with Crippen LogP contribution in [0.1, 0.15) is 16.7 Å². The van der Waals surface area contributed by atoms with Crippen LogP contribution in [0.25, 0.3) is 11.5 Å². The van der Waals surface area contributed by atoms with Gasteiger partial charge in [-0.25, -0.2) is 4.98 Å². The molecule has 4 nitrogen and oxygen atoms in total. The quantitative estimate of drug-likeness (QED) is 0.476. The van der Waals surface area contributed by atoms with Crippen molar-refractivity contribution >= 4 is 28.9 Å². The molecule has 3 rings (SSSR count). The Labute approximate surface area is 170 Å². The van der Waals surface area contributed by atoms with Crippen molar-refractivity contribution in [2.24, 2.45) is 0 Å². The third kappa shape index (κ3) is 5.15. The van der Waals surface area contributed by atoms with E-state index in [0.717, 1.165) is 16.7 Å². The number of ether oxygens (including phenoxy) is 2. The lowest BCUT2D eigenvalue weighted by Gasteiger charge is -2.13. The summed E-state index contributed by atoms with van der Waals surface area (Å²) in [6, 6.07) is 19.2. The summed E-state index contributed by atoms with van der Waals surface area (Å²) in [5.41, 5.74) is 3.39. The van der Waals surface area contributed by atoms with Gasteiger partial charge in [-0.2, -0.15) is 0 Å². The third-order valence-electron chi connectivity index (χ3n) is 4.08. The molecule has 1 N–H and O–H groups in total. The van der Waals surface area contributed by atoms with E-state index in [0.29, 0.717) is 34.7 Å². The molecule has 3 aromatic rings. The van der Waals surface area contributed by atoms with E-state index < -0.39 is 0 Å². The number of hydrogen-bond donors (Lipinski definition) is 1. The monoisotopic (exact) mass is 392 g/mol. The normalized spacial score (nSPS) is 10.2. The molecule has 142 valence electrons. The average molecular weight is 393 g/mol. The van der Waals surface area contributed by atoms with Crippen molar-refractivity contribution in [3.05, 3.63) is 102 Å². The van der Waals surface area contributed by atoms with Crippen molar-refractivity contribution in [1.82, 2.24) is 4.98 Å². The minimum atomic E-state index is 0.465. The Balaban J connectivity index is 1.69. The molecule has 0 bridgehead atoms. The molecule has 2 aromatic carbocycles. The summed E-state index contributed by atoms with van der Waals surface area (Å²) in [6.45, 7) is 8.36. The molecular weight excluding hydrogens is 372 g/mol. The first-order valence-electron chi connectivity index (χ1n) is 8.68. The molecule has 0 fully saturated rings. The van der Waals surface area contributed by atoms with Gasteiger partial charge in [0.2, 0.25) is 0 Å². The van der Waals surface area contributed by atoms with Gasteiger partial charge in [0.15, 0.2) is 0 Å². The van der Waals surface area contributed by atoms with Gasteiger partial charge in [0.25, 0.3) is 0 Å². The zero-order chi connectivity index (χ0) is 19.9. The molecule has 0 aliphatic heterocycles. The number of benzene rings is 2. The van der Waals surface area contributed by atoms with Gasteiger partial charge in [-0.1, -0.05) is 55.1 Å². The standard InChI is InChI=1S/C23H21ClN2O2/c1-16(26-23-10-9-19(14-25-23)17(2)27-3)20-11-21(24)13-22(12-20)28-15-18-7-5-4-6-8-18/h4-14H,1-2,15H2,3H3,(H,25,26). The maximum Gasteiger partial charge on any atom is 0.130 e. The molecule has 0 saturated heterocycles. The van der Waals surface area contributed by atoms with Crippen LogP contribution >= 0.6 is 11.6 Å². The molecule has 0 amide bonds. The van der Waals surface area contributed by atoms with Crippen LogP contribution in [0.15, 0.2) is 80.0 Å². The summed E-state index contributed by atoms with van der Waals surface area (Å²) in [5, 5.41) is 3.75. The topological polar surface area (TPSA) is 43.4 Å². The van der Waals surface area contributed by atoms with E-state index in [-0.39, 0.29) is 0 Å². The summed E-state index contributed by atoms with van der Waals surface area (Å²) < 4.78 is 11.0. The Morgan fingerprint density at radius 3 is 2.50 bits per heavy atom. The van der Waals surface area contributed by atoms with Crippen molar-refractivity contribution in [2.45, 2.75) is 6.61 Å². The maximum absolute atomic E-state index is 6.26. The van der Waals surface area contributed by atoms with Crippen LogP contribution in [0.5, 0.6) is 5.75 Å². The van der Waals surface area contributed by atoms with Gasteiger partial charge in [0, 0.05) is 28.0 Å². The Morgan fingerprint density at radius 1 is 1.04 bits per heavy atom. The van der Waals surface area contributed by atoms with Crippen molar-refractivity contribution in [3.8, 4) is 5.75 Å². The van der Waals surface area contributed by atoms with Crippen LogP contribution in [0.3, 0.4) is 0 Å². The van der Waals surface area contributed by atoms with Gasteiger partial charge in [0.05, 0.1) is 7.11 Å². The fourth-order valence-electron chi connectivity index (χ4n) is 2.54. The third-order valence-corrected chi connectivity index (χ3v) is 4.30. The van der Waals surface area contributed by atoms with Crippen LogP contribution in [-0.2, 0) is 11.3 Å². The first kappa shape index (κ1) is 19.5. The van der Waals surface area contributed by atoms with Gasteiger partial charge in [0.1, 0.15) is 23.9 Å². The van der Waals surface area contributed by atoms with Gasteiger partial charge >= 0.3 is 0 Å². The van der Waals surface area contributed by atoms with E-state index in [1.807, 2.05) is 54.6 Å². The first-order chi connectivity index (χ1) is 13.5. The molecule has 0 radical (unpaired) electrons. The second-order valence-corrected chi connectivity index (χ2v) is 6.55. The van der Waals surface area contributed by atoms with Crippen LogP contribution in [0, 0.1) is 0 Å². The number of anilines is 1. The smallest absolute Gasteiger partial charge is 0.130 e. The van der Waals surface area contributed by atoms with E-state index in [1.165, 1.54) is 0 Å². The summed E-state index contributed by atoms with van der Waals surface area (Å²) in [4.78, 5) is 4.36. The number of nitrogens with one attached hydrogen (secondary N) is 1. The highest BCUT2D eigenvalue weighted by molar-refractivity contribution is 6.30. The number of rotatable bonds is 8. The van der Waals surface area contributed by atoms with Crippen molar-refractivity contribution in [1.29, 1.82) is 0 Å². The molecule has 5 heteroatoms. The number of hydrogen-bond acceptors (Lipinski definition) is 4. The number of methoxy groups -OCH3 is 1. The molecule has 1 aromatic heterocycles. The predicted octanol–water partition coefficient (Wildman–Crippen LogP) is 6.01. The van der Waals surface area contributed by atoms with Gasteiger partial charge in [-0.15, -0.1) is 0 Å². The minimum absolute atomic E-state index is 0.465. The van der Waals surface area contributed by atoms with E-state index in [4.69, 9.17) is 21.1 Å². The summed E-state index contributed by atoms with van der Waals surface area (Å²) in [5.74, 6) is 1.89. The van der Waals surface area contributed by atoms with Gasteiger partial charge < -0.3 is 14.8 Å². The summed E-state index contributed by atoms with van der Waals surface area (Å²) in [6.07, 6.45) is 1.69. The van der Waals surface area contributed by atoms with Crippen molar-refractivity contribution in [2.75, 3.05) is 12.4 Å². The highest BCUT2D eigenvalue weighted by Crippen LogP contribution is 2.26. The molecule has 28 heavy (non-hydrogen) atoms. The highest BCUT2D eigenvalue weighted by Gasteiger charge is 2.07. The Hall–Kier alpha value is -3.24. The molecule has 0 spiro atoms. The minimum Gasteiger partial charge on any atom is -0.497 e. The molecule has 0 unspecified atom stereocenters. The highest BCUT2D eigenvalue weighted by atomic mass is 35.5. The second-order valence-electron chi connectivity index (χ2n) is 6.11. The largest absolute Gasteiger partial charge is 0.497 e. The Kier molecular flexibility index (Phi) is 6.35. The van der Waals surface area contributed by atoms with Crippen molar-refractivity contribution in [3.63, 3.8) is 0 Å². The van der Waals surface area contributed by atoms with E-state index in [1.54, 1.807) is 19.4 Å². The molecule has 0 saturated carbocycles. The molecule has 0 aliphatic carbocycles. The lowest BCUT2D eigenvalue weighted by Crippen LogP contribution is -2.01. The van der Waals surface area contributed by atoms with Crippen molar-refractivity contribution < 1.29 is 9.47 Å². The molecule has 1 heterocycles. The Bertz CT molecular complexity index is 970. The zero-order valence-electron chi connectivity index (χ0n) is 15.6. The van der Waals surface area contributed by atoms with E-state index >= 15 is 0 Å². The molecule has 0 atom stereocenters.